The fraction of sp³-hybridized carbons (Fsp3) is 0.0952. The number of benzene rings is 2. The number of anilines is 1. The van der Waals surface area contributed by atoms with E-state index in [-0.39, 0.29) is 5.69 Å². The summed E-state index contributed by atoms with van der Waals surface area (Å²) >= 11 is 1.30. The van der Waals surface area contributed by atoms with E-state index in [2.05, 4.69) is 20.3 Å². The van der Waals surface area contributed by atoms with Crippen LogP contribution in [0.5, 0.6) is 0 Å². The molecule has 0 spiro atoms. The zero-order chi connectivity index (χ0) is 20.2. The average Bonchev–Trinajstić information content (AvgIpc) is 3.20. The number of para-hydroxylation sites is 2. The van der Waals surface area contributed by atoms with Gasteiger partial charge in [-0.15, -0.1) is 11.3 Å². The Morgan fingerprint density at radius 2 is 1.79 bits per heavy atom. The molecule has 0 atom stereocenters. The molecule has 0 unspecified atom stereocenters. The summed E-state index contributed by atoms with van der Waals surface area (Å²) in [6, 6.07) is 15.1. The normalized spacial score (nSPS) is 10.7. The average molecular weight is 404 g/mol. The molecule has 0 fully saturated rings. The molecule has 0 saturated heterocycles. The highest BCUT2D eigenvalue weighted by atomic mass is 32.1. The Morgan fingerprint density at radius 1 is 1.03 bits per heavy atom. The van der Waals surface area contributed by atoms with Crippen molar-refractivity contribution in [2.45, 2.75) is 6.92 Å². The van der Waals surface area contributed by atoms with Crippen molar-refractivity contribution in [3.05, 3.63) is 71.4 Å². The van der Waals surface area contributed by atoms with Crippen LogP contribution in [0.2, 0.25) is 0 Å². The van der Waals surface area contributed by atoms with E-state index in [9.17, 15) is 9.59 Å². The van der Waals surface area contributed by atoms with Crippen LogP contribution >= 0.6 is 11.3 Å². The molecule has 0 saturated carbocycles. The van der Waals surface area contributed by atoms with E-state index in [1.807, 2.05) is 42.6 Å². The lowest BCUT2D eigenvalue weighted by Gasteiger charge is -2.05. The molecule has 4 aromatic rings. The number of rotatable bonds is 5. The molecule has 2 heterocycles. The molecule has 144 valence electrons. The molecule has 4 rings (SSSR count). The number of carbonyl (C=O) groups excluding carboxylic acids is 2. The summed E-state index contributed by atoms with van der Waals surface area (Å²) in [6.07, 6.45) is 1.33. The molecule has 1 amide bonds. The minimum Gasteiger partial charge on any atom is -0.451 e. The molecule has 0 radical (unpaired) electrons. The number of carbonyl (C=O) groups is 2. The van der Waals surface area contributed by atoms with Crippen LogP contribution in [0.4, 0.5) is 5.13 Å². The van der Waals surface area contributed by atoms with Gasteiger partial charge in [-0.25, -0.2) is 14.8 Å². The van der Waals surface area contributed by atoms with Gasteiger partial charge in [0, 0.05) is 10.9 Å². The summed E-state index contributed by atoms with van der Waals surface area (Å²) < 4.78 is 5.04. The Morgan fingerprint density at radius 3 is 2.59 bits per heavy atom. The Bertz CT molecular complexity index is 1190. The molecule has 2 aromatic carbocycles. The highest BCUT2D eigenvalue weighted by Gasteiger charge is 2.14. The first kappa shape index (κ1) is 18.7. The summed E-state index contributed by atoms with van der Waals surface area (Å²) in [7, 11) is 0. The van der Waals surface area contributed by atoms with Gasteiger partial charge in [-0.05, 0) is 19.1 Å². The summed E-state index contributed by atoms with van der Waals surface area (Å²) in [5, 5.41) is 4.93. The predicted octanol–water partition coefficient (Wildman–Crippen LogP) is 3.86. The van der Waals surface area contributed by atoms with E-state index in [4.69, 9.17) is 4.74 Å². The van der Waals surface area contributed by atoms with Crippen molar-refractivity contribution in [3.63, 3.8) is 0 Å². The number of amides is 1. The van der Waals surface area contributed by atoms with E-state index in [0.29, 0.717) is 16.2 Å². The van der Waals surface area contributed by atoms with Crippen LogP contribution in [0, 0.1) is 6.92 Å². The van der Waals surface area contributed by atoms with Gasteiger partial charge in [-0.1, -0.05) is 42.0 Å². The van der Waals surface area contributed by atoms with Gasteiger partial charge in [0.05, 0.1) is 22.9 Å². The van der Waals surface area contributed by atoms with Crippen molar-refractivity contribution >= 4 is 39.4 Å². The van der Waals surface area contributed by atoms with Crippen molar-refractivity contribution in [1.82, 2.24) is 15.0 Å². The highest BCUT2D eigenvalue weighted by molar-refractivity contribution is 7.14. The monoisotopic (exact) mass is 404 g/mol. The van der Waals surface area contributed by atoms with Gasteiger partial charge in [-0.2, -0.15) is 0 Å². The van der Waals surface area contributed by atoms with Gasteiger partial charge in [-0.3, -0.25) is 15.1 Å². The van der Waals surface area contributed by atoms with Crippen molar-refractivity contribution in [3.8, 4) is 11.3 Å². The third-order valence-electron chi connectivity index (χ3n) is 4.09. The van der Waals surface area contributed by atoms with Crippen LogP contribution in [0.15, 0.2) is 60.1 Å². The first-order valence-electron chi connectivity index (χ1n) is 8.80. The van der Waals surface area contributed by atoms with Crippen molar-refractivity contribution in [2.24, 2.45) is 0 Å². The second kappa shape index (κ2) is 8.15. The number of fused-ring (bicyclic) bond motifs is 1. The summed E-state index contributed by atoms with van der Waals surface area (Å²) in [6.45, 7) is 1.58. The third-order valence-corrected chi connectivity index (χ3v) is 4.85. The minimum atomic E-state index is -0.710. The standard InChI is InChI=1S/C21H16N4O3S/c1-13-6-8-14(9-7-13)18-12-29-21(24-18)25-19(26)11-28-20(27)17-10-22-15-4-2-3-5-16(15)23-17/h2-10,12H,11H2,1H3,(H,24,25,26). The summed E-state index contributed by atoms with van der Waals surface area (Å²) in [4.78, 5) is 37.0. The number of ether oxygens (including phenoxy) is 1. The van der Waals surface area contributed by atoms with Crippen LogP contribution in [0.25, 0.3) is 22.3 Å². The van der Waals surface area contributed by atoms with Gasteiger partial charge in [0.25, 0.3) is 5.91 Å². The van der Waals surface area contributed by atoms with E-state index in [1.54, 1.807) is 18.2 Å². The van der Waals surface area contributed by atoms with E-state index < -0.39 is 18.5 Å². The lowest BCUT2D eigenvalue weighted by molar-refractivity contribution is -0.119. The summed E-state index contributed by atoms with van der Waals surface area (Å²) in [5.41, 5.74) is 4.21. The third kappa shape index (κ3) is 4.44. The molecule has 0 bridgehead atoms. The Kier molecular flexibility index (Phi) is 5.26. The van der Waals surface area contributed by atoms with Crippen molar-refractivity contribution in [1.29, 1.82) is 0 Å². The number of aryl methyl sites for hydroxylation is 1. The van der Waals surface area contributed by atoms with Gasteiger partial charge in [0.2, 0.25) is 0 Å². The lowest BCUT2D eigenvalue weighted by Crippen LogP contribution is -2.21. The molecular formula is C21H16N4O3S. The minimum absolute atomic E-state index is 0.0485. The number of thiazole rings is 1. The first-order chi connectivity index (χ1) is 14.1. The zero-order valence-corrected chi connectivity index (χ0v) is 16.3. The van der Waals surface area contributed by atoms with Gasteiger partial charge in [0.15, 0.2) is 17.4 Å². The predicted molar refractivity (Wildman–Crippen MR) is 111 cm³/mol. The highest BCUT2D eigenvalue weighted by Crippen LogP contribution is 2.25. The van der Waals surface area contributed by atoms with Crippen molar-refractivity contribution < 1.29 is 14.3 Å². The number of esters is 1. The zero-order valence-electron chi connectivity index (χ0n) is 15.5. The maximum atomic E-state index is 12.1. The second-order valence-corrected chi connectivity index (χ2v) is 7.13. The maximum Gasteiger partial charge on any atom is 0.359 e. The maximum absolute atomic E-state index is 12.1. The number of hydrogen-bond acceptors (Lipinski definition) is 7. The molecule has 8 heteroatoms. The van der Waals surface area contributed by atoms with Crippen LogP contribution in [-0.4, -0.2) is 33.4 Å². The largest absolute Gasteiger partial charge is 0.451 e. The van der Waals surface area contributed by atoms with Crippen LogP contribution in [-0.2, 0) is 9.53 Å². The molecule has 2 aromatic heterocycles. The number of hydrogen-bond donors (Lipinski definition) is 1. The molecule has 7 nitrogen and oxygen atoms in total. The molecule has 0 aliphatic rings. The first-order valence-corrected chi connectivity index (χ1v) is 9.68. The van der Waals surface area contributed by atoms with E-state index in [1.165, 1.54) is 17.5 Å². The number of nitrogens with zero attached hydrogens (tertiary/aromatic N) is 3. The van der Waals surface area contributed by atoms with Crippen LogP contribution in [0.1, 0.15) is 16.1 Å². The Hall–Kier alpha value is -3.65. The molecular weight excluding hydrogens is 388 g/mol. The fourth-order valence-electron chi connectivity index (χ4n) is 2.60. The molecule has 0 aliphatic heterocycles. The molecule has 0 aliphatic carbocycles. The number of nitrogens with one attached hydrogen (secondary N) is 1. The van der Waals surface area contributed by atoms with Gasteiger partial charge < -0.3 is 4.74 Å². The smallest absolute Gasteiger partial charge is 0.359 e. The molecule has 29 heavy (non-hydrogen) atoms. The lowest BCUT2D eigenvalue weighted by atomic mass is 10.1. The Balaban J connectivity index is 1.35. The van der Waals surface area contributed by atoms with Gasteiger partial charge >= 0.3 is 5.97 Å². The Labute approximate surface area is 170 Å². The van der Waals surface area contributed by atoms with Crippen LogP contribution < -0.4 is 5.32 Å². The fourth-order valence-corrected chi connectivity index (χ4v) is 3.34. The van der Waals surface area contributed by atoms with Crippen molar-refractivity contribution in [2.75, 3.05) is 11.9 Å². The van der Waals surface area contributed by atoms with E-state index in [0.717, 1.165) is 16.8 Å². The quantitative estimate of drug-likeness (QED) is 0.508. The van der Waals surface area contributed by atoms with Gasteiger partial charge in [0.1, 0.15) is 0 Å². The van der Waals surface area contributed by atoms with Crippen LogP contribution in [0.3, 0.4) is 0 Å². The number of aromatic nitrogens is 3. The second-order valence-electron chi connectivity index (χ2n) is 6.27. The molecule has 1 N–H and O–H groups in total. The topological polar surface area (TPSA) is 94.1 Å². The summed E-state index contributed by atoms with van der Waals surface area (Å²) in [5.74, 6) is -1.19. The van der Waals surface area contributed by atoms with E-state index >= 15 is 0 Å². The SMILES string of the molecule is Cc1ccc(-c2csc(NC(=O)COC(=O)c3cnc4ccccc4n3)n2)cc1.